The molecule has 0 saturated carbocycles. The normalized spacial score (nSPS) is 15.4. The van der Waals surface area contributed by atoms with Crippen molar-refractivity contribution in [2.24, 2.45) is 4.99 Å². The van der Waals surface area contributed by atoms with Crippen molar-refractivity contribution in [2.75, 3.05) is 10.7 Å². The van der Waals surface area contributed by atoms with Crippen molar-refractivity contribution in [3.63, 3.8) is 0 Å². The molecule has 1 aliphatic rings. The smallest absolute Gasteiger partial charge is 0.283 e. The number of carbonyl (C=O) groups is 2. The predicted octanol–water partition coefficient (Wildman–Crippen LogP) is 4.94. The molecule has 9 heteroatoms. The van der Waals surface area contributed by atoms with E-state index in [2.05, 4.69) is 9.98 Å². The van der Waals surface area contributed by atoms with Crippen LogP contribution in [0.3, 0.4) is 0 Å². The number of hydrogen-bond donors (Lipinski definition) is 0. The van der Waals surface area contributed by atoms with Crippen molar-refractivity contribution in [3.05, 3.63) is 87.8 Å². The van der Waals surface area contributed by atoms with E-state index >= 15 is 0 Å². The number of aromatic nitrogens is 1. The van der Waals surface area contributed by atoms with Gasteiger partial charge in [0.05, 0.1) is 17.5 Å². The van der Waals surface area contributed by atoms with Gasteiger partial charge >= 0.3 is 0 Å². The Morgan fingerprint density at radius 3 is 2.61 bits per heavy atom. The fourth-order valence-corrected chi connectivity index (χ4v) is 4.89. The number of benzene rings is 2. The van der Waals surface area contributed by atoms with Gasteiger partial charge < -0.3 is 0 Å². The average molecular weight is 477 g/mol. The summed E-state index contributed by atoms with van der Waals surface area (Å²) in [5.74, 6) is -2.19. The van der Waals surface area contributed by atoms with Crippen LogP contribution in [0, 0.1) is 24.1 Å². The minimum Gasteiger partial charge on any atom is -0.297 e. The van der Waals surface area contributed by atoms with Gasteiger partial charge in [-0.25, -0.2) is 14.4 Å². The quantitative estimate of drug-likeness (QED) is 0.470. The van der Waals surface area contributed by atoms with Gasteiger partial charge in [0, 0.05) is 11.1 Å². The first-order valence-corrected chi connectivity index (χ1v) is 11.8. The molecule has 1 aliphatic heterocycles. The molecule has 0 radical (unpaired) electrons. The van der Waals surface area contributed by atoms with Gasteiger partial charge in [-0.15, -0.1) is 11.3 Å². The number of ketones is 1. The Balaban J connectivity index is 1.60. The lowest BCUT2D eigenvalue weighted by Crippen LogP contribution is -2.31. The Kier molecular flexibility index (Phi) is 6.77. The van der Waals surface area contributed by atoms with Crippen LogP contribution in [0.15, 0.2) is 70.7 Å². The largest absolute Gasteiger partial charge is 0.297 e. The highest BCUT2D eigenvalue weighted by Crippen LogP contribution is 2.31. The van der Waals surface area contributed by atoms with Crippen molar-refractivity contribution in [1.29, 1.82) is 5.26 Å². The zero-order valence-corrected chi connectivity index (χ0v) is 19.1. The van der Waals surface area contributed by atoms with Crippen molar-refractivity contribution >= 4 is 51.7 Å². The molecule has 0 spiro atoms. The SMILES string of the molecule is Cc1csc([C@@H](C#N)C(=O)CSC2=N/C(=C/c3ccccc3)C(=O)N2c2ccc(F)cc2)n1. The van der Waals surface area contributed by atoms with E-state index in [1.54, 1.807) is 18.4 Å². The highest BCUT2D eigenvalue weighted by Gasteiger charge is 2.33. The van der Waals surface area contributed by atoms with Gasteiger partial charge in [0.15, 0.2) is 16.9 Å². The summed E-state index contributed by atoms with van der Waals surface area (Å²) < 4.78 is 13.4. The second-order valence-electron chi connectivity index (χ2n) is 7.10. The lowest BCUT2D eigenvalue weighted by atomic mass is 10.1. The van der Waals surface area contributed by atoms with Crippen LogP contribution in [0.4, 0.5) is 10.1 Å². The van der Waals surface area contributed by atoms with E-state index in [9.17, 15) is 19.2 Å². The second kappa shape index (κ2) is 9.90. The third-order valence-electron chi connectivity index (χ3n) is 4.70. The van der Waals surface area contributed by atoms with E-state index in [1.165, 1.54) is 40.5 Å². The van der Waals surface area contributed by atoms with Crippen molar-refractivity contribution in [1.82, 2.24) is 4.98 Å². The summed E-state index contributed by atoms with van der Waals surface area (Å²) in [6.07, 6.45) is 1.66. The van der Waals surface area contributed by atoms with Crippen LogP contribution >= 0.6 is 23.1 Å². The van der Waals surface area contributed by atoms with E-state index < -0.39 is 11.7 Å². The van der Waals surface area contributed by atoms with Crippen LogP contribution in [-0.2, 0) is 9.59 Å². The third-order valence-corrected chi connectivity index (χ3v) is 6.68. The molecule has 2 heterocycles. The van der Waals surface area contributed by atoms with Crippen molar-refractivity contribution in [3.8, 4) is 6.07 Å². The molecule has 0 saturated heterocycles. The number of halogens is 1. The standard InChI is InChI=1S/C24H17FN4O2S2/c1-15-13-32-22(27-15)19(12-26)21(30)14-33-24-28-20(11-16-5-3-2-4-6-16)23(31)29(24)18-9-7-17(25)8-10-18/h2-11,13,19H,14H2,1H3/b20-11+/t19-/m0/s1. The Hall–Kier alpha value is -3.61. The molecule has 3 aromatic rings. The lowest BCUT2D eigenvalue weighted by Gasteiger charge is -2.17. The molecule has 0 fully saturated rings. The molecule has 33 heavy (non-hydrogen) atoms. The maximum Gasteiger partial charge on any atom is 0.283 e. The zero-order valence-electron chi connectivity index (χ0n) is 17.4. The number of amides is 1. The number of aliphatic imine (C=N–C) groups is 1. The number of Topliss-reactive ketones (excluding diaryl/α,β-unsaturated/α-hetero) is 1. The Labute approximate surface area is 198 Å². The van der Waals surface area contributed by atoms with Gasteiger partial charge in [-0.3, -0.25) is 14.5 Å². The monoisotopic (exact) mass is 476 g/mol. The number of hydrogen-bond acceptors (Lipinski definition) is 7. The number of carbonyl (C=O) groups excluding carboxylic acids is 2. The summed E-state index contributed by atoms with van der Waals surface area (Å²) in [6, 6.07) is 16.8. The van der Waals surface area contributed by atoms with E-state index in [0.29, 0.717) is 10.7 Å². The van der Waals surface area contributed by atoms with Gasteiger partial charge in [-0.1, -0.05) is 42.1 Å². The number of amidine groups is 1. The number of anilines is 1. The van der Waals surface area contributed by atoms with Crippen LogP contribution in [-0.4, -0.2) is 27.6 Å². The molecule has 0 aliphatic carbocycles. The third kappa shape index (κ3) is 5.08. The molecule has 2 aromatic carbocycles. The van der Waals surface area contributed by atoms with Crippen LogP contribution in [0.5, 0.6) is 0 Å². The van der Waals surface area contributed by atoms with Crippen LogP contribution in [0.25, 0.3) is 6.08 Å². The predicted molar refractivity (Wildman–Crippen MR) is 128 cm³/mol. The first-order chi connectivity index (χ1) is 16.0. The number of aryl methyl sites for hydroxylation is 1. The molecule has 1 atom stereocenters. The topological polar surface area (TPSA) is 86.4 Å². The van der Waals surface area contributed by atoms with Gasteiger partial charge in [0.2, 0.25) is 0 Å². The molecule has 6 nitrogen and oxygen atoms in total. The number of nitrogens with zero attached hydrogens (tertiary/aromatic N) is 4. The summed E-state index contributed by atoms with van der Waals surface area (Å²) in [5.41, 5.74) is 2.19. The number of rotatable bonds is 6. The summed E-state index contributed by atoms with van der Waals surface area (Å²) in [7, 11) is 0. The molecule has 4 rings (SSSR count). The van der Waals surface area contributed by atoms with Gasteiger partial charge in [-0.2, -0.15) is 5.26 Å². The fraction of sp³-hybridized carbons (Fsp3) is 0.125. The maximum absolute atomic E-state index is 13.4. The molecule has 1 aromatic heterocycles. The highest BCUT2D eigenvalue weighted by molar-refractivity contribution is 8.14. The summed E-state index contributed by atoms with van der Waals surface area (Å²) >= 11 is 2.33. The van der Waals surface area contributed by atoms with E-state index in [1.807, 2.05) is 36.4 Å². The average Bonchev–Trinajstić information content (AvgIpc) is 3.37. The van der Waals surface area contributed by atoms with Crippen LogP contribution < -0.4 is 4.90 Å². The van der Waals surface area contributed by atoms with Crippen LogP contribution in [0.1, 0.15) is 22.2 Å². The number of thioether (sulfide) groups is 1. The minimum absolute atomic E-state index is 0.0702. The molecule has 0 N–H and O–H groups in total. The van der Waals surface area contributed by atoms with E-state index in [0.717, 1.165) is 23.0 Å². The van der Waals surface area contributed by atoms with Crippen LogP contribution in [0.2, 0.25) is 0 Å². The summed E-state index contributed by atoms with van der Waals surface area (Å²) in [6.45, 7) is 1.80. The molecule has 0 bridgehead atoms. The first-order valence-electron chi connectivity index (χ1n) is 9.89. The molecular formula is C24H17FN4O2S2. The van der Waals surface area contributed by atoms with E-state index in [-0.39, 0.29) is 28.3 Å². The lowest BCUT2D eigenvalue weighted by molar-refractivity contribution is -0.117. The Bertz CT molecular complexity index is 1290. The first kappa shape index (κ1) is 22.6. The number of thiazole rings is 1. The molecule has 1 amide bonds. The number of nitriles is 1. The zero-order chi connectivity index (χ0) is 23.4. The summed E-state index contributed by atoms with van der Waals surface area (Å²) in [4.78, 5) is 36.0. The van der Waals surface area contributed by atoms with Gasteiger partial charge in [0.25, 0.3) is 5.91 Å². The van der Waals surface area contributed by atoms with Crippen molar-refractivity contribution < 1.29 is 14.0 Å². The van der Waals surface area contributed by atoms with Gasteiger partial charge in [0.1, 0.15) is 16.5 Å². The van der Waals surface area contributed by atoms with Crippen molar-refractivity contribution in [2.45, 2.75) is 12.8 Å². The second-order valence-corrected chi connectivity index (χ2v) is 8.93. The fourth-order valence-electron chi connectivity index (χ4n) is 3.11. The summed E-state index contributed by atoms with van der Waals surface area (Å²) in [5, 5.41) is 12.0. The van der Waals surface area contributed by atoms with Gasteiger partial charge in [-0.05, 0) is 42.8 Å². The minimum atomic E-state index is -0.979. The Morgan fingerprint density at radius 1 is 1.24 bits per heavy atom. The van der Waals surface area contributed by atoms with E-state index in [4.69, 9.17) is 0 Å². The molecular weight excluding hydrogens is 459 g/mol. The Morgan fingerprint density at radius 2 is 1.97 bits per heavy atom. The maximum atomic E-state index is 13.4. The molecule has 0 unspecified atom stereocenters. The highest BCUT2D eigenvalue weighted by atomic mass is 32.2. The molecule has 164 valence electrons.